The van der Waals surface area contributed by atoms with Crippen molar-refractivity contribution in [3.63, 3.8) is 0 Å². The molecule has 7 heteroatoms. The molecule has 0 aliphatic carbocycles. The molecule has 0 heterocycles. The molecule has 0 unspecified atom stereocenters. The van der Waals surface area contributed by atoms with E-state index >= 15 is 0 Å². The van der Waals surface area contributed by atoms with E-state index in [9.17, 15) is 0 Å². The SMILES string of the molecule is O=S(=O)([O-])[O-].[CH2-]CCCCCCCCCCC.[Mg+2].[Na+]. The zero-order valence-corrected chi connectivity index (χ0v) is 16.8. The zero-order chi connectivity index (χ0) is 13.6. The van der Waals surface area contributed by atoms with E-state index in [0.717, 1.165) is 6.42 Å². The second-order valence-corrected chi connectivity index (χ2v) is 4.91. The molecule has 19 heavy (non-hydrogen) atoms. The minimum Gasteiger partial charge on any atom is -0.759 e. The van der Waals surface area contributed by atoms with Gasteiger partial charge in [0.05, 0.1) is 0 Å². The maximum atomic E-state index is 8.52. The topological polar surface area (TPSA) is 80.3 Å². The van der Waals surface area contributed by atoms with Crippen LogP contribution in [0.4, 0.5) is 0 Å². The third-order valence-corrected chi connectivity index (χ3v) is 2.35. The average molecular weight is 313 g/mol. The van der Waals surface area contributed by atoms with Crippen LogP contribution in [0.2, 0.25) is 0 Å². The second kappa shape index (κ2) is 21.9. The Morgan fingerprint density at radius 1 is 0.842 bits per heavy atom. The molecule has 0 aromatic heterocycles. The Kier molecular flexibility index (Phi) is 33.2. The quantitative estimate of drug-likeness (QED) is 0.198. The monoisotopic (exact) mass is 312 g/mol. The first-order valence-electron chi connectivity index (χ1n) is 6.37. The molecule has 0 rings (SSSR count). The first kappa shape index (κ1) is 28.7. The molecule has 4 nitrogen and oxygen atoms in total. The normalized spacial score (nSPS) is 9.68. The van der Waals surface area contributed by atoms with Gasteiger partial charge in [-0.2, -0.15) is 6.42 Å². The standard InChI is InChI=1S/C12H25.Mg.Na.H2O4S/c1-3-5-7-9-11-12-10-8-6-4-2;;;1-5(2,3)4/h1,3-12H2,2H3;;;(H2,1,2,3,4)/q-1;+2;+1;/p-2. The van der Waals surface area contributed by atoms with Crippen molar-refractivity contribution < 1.29 is 47.1 Å². The first-order valence-corrected chi connectivity index (χ1v) is 7.71. The predicted octanol–water partition coefficient (Wildman–Crippen LogP) is 0.0266. The molecule has 0 aromatic rings. The summed E-state index contributed by atoms with van der Waals surface area (Å²) in [6, 6.07) is 0. The summed E-state index contributed by atoms with van der Waals surface area (Å²) in [5.41, 5.74) is 0. The van der Waals surface area contributed by atoms with Gasteiger partial charge in [0.25, 0.3) is 0 Å². The van der Waals surface area contributed by atoms with Crippen molar-refractivity contribution in [2.45, 2.75) is 71.1 Å². The molecule has 0 atom stereocenters. The minimum absolute atomic E-state index is 0. The molecule has 0 aliphatic heterocycles. The molecule has 106 valence electrons. The fourth-order valence-corrected chi connectivity index (χ4v) is 1.49. The Balaban J connectivity index is -0.000000139. The molecule has 0 saturated carbocycles. The summed E-state index contributed by atoms with van der Waals surface area (Å²) in [5.74, 6) is 0. The molecule has 0 saturated heterocycles. The fraction of sp³-hybridized carbons (Fsp3) is 0.917. The summed E-state index contributed by atoms with van der Waals surface area (Å²) in [7, 11) is -5.17. The number of hydrogen-bond acceptors (Lipinski definition) is 4. The maximum absolute atomic E-state index is 8.52. The van der Waals surface area contributed by atoms with Crippen LogP contribution in [0.1, 0.15) is 71.1 Å². The molecular formula is C12H25MgNaO4S. The van der Waals surface area contributed by atoms with Crippen LogP contribution in [0, 0.1) is 6.92 Å². The number of hydrogen-bond donors (Lipinski definition) is 0. The van der Waals surface area contributed by atoms with Crippen molar-refractivity contribution in [3.05, 3.63) is 6.92 Å². The van der Waals surface area contributed by atoms with E-state index in [1.807, 2.05) is 0 Å². The van der Waals surface area contributed by atoms with E-state index in [4.69, 9.17) is 17.5 Å². The summed E-state index contributed by atoms with van der Waals surface area (Å²) in [5, 5.41) is 0. The van der Waals surface area contributed by atoms with E-state index in [-0.39, 0.29) is 52.6 Å². The Morgan fingerprint density at radius 3 is 1.37 bits per heavy atom. The van der Waals surface area contributed by atoms with Gasteiger partial charge in [-0.05, 0) is 0 Å². The van der Waals surface area contributed by atoms with Gasteiger partial charge >= 0.3 is 52.6 Å². The summed E-state index contributed by atoms with van der Waals surface area (Å²) in [6.07, 6.45) is 13.9. The maximum Gasteiger partial charge on any atom is 2.00 e. The van der Waals surface area contributed by atoms with Crippen molar-refractivity contribution in [3.8, 4) is 0 Å². The number of unbranched alkanes of at least 4 members (excludes halogenated alkanes) is 9. The van der Waals surface area contributed by atoms with Crippen molar-refractivity contribution >= 4 is 33.5 Å². The smallest absolute Gasteiger partial charge is 0.759 e. The number of rotatable bonds is 9. The summed E-state index contributed by atoms with van der Waals surface area (Å²) >= 11 is 0. The first-order chi connectivity index (χ1) is 7.91. The van der Waals surface area contributed by atoms with Crippen LogP contribution in [-0.4, -0.2) is 40.6 Å². The van der Waals surface area contributed by atoms with Crippen molar-refractivity contribution in [2.24, 2.45) is 0 Å². The zero-order valence-electron chi connectivity index (χ0n) is 12.5. The van der Waals surface area contributed by atoms with Crippen LogP contribution in [0.3, 0.4) is 0 Å². The van der Waals surface area contributed by atoms with E-state index < -0.39 is 10.4 Å². The predicted molar refractivity (Wildman–Crippen MR) is 73.4 cm³/mol. The van der Waals surface area contributed by atoms with Crippen LogP contribution in [0.15, 0.2) is 0 Å². The Hall–Kier alpha value is 1.64. The van der Waals surface area contributed by atoms with Crippen molar-refractivity contribution in [1.82, 2.24) is 0 Å². The molecule has 0 amide bonds. The van der Waals surface area contributed by atoms with E-state index in [2.05, 4.69) is 13.8 Å². The Morgan fingerprint density at radius 2 is 1.11 bits per heavy atom. The van der Waals surface area contributed by atoms with Gasteiger partial charge in [0.1, 0.15) is 0 Å². The molecule has 0 aromatic carbocycles. The fourth-order valence-electron chi connectivity index (χ4n) is 1.49. The Labute approximate surface area is 157 Å². The van der Waals surface area contributed by atoms with Crippen LogP contribution >= 0.6 is 0 Å². The van der Waals surface area contributed by atoms with Crippen molar-refractivity contribution in [2.75, 3.05) is 0 Å². The van der Waals surface area contributed by atoms with Crippen LogP contribution in [0.25, 0.3) is 0 Å². The van der Waals surface area contributed by atoms with Gasteiger partial charge in [0, 0.05) is 10.4 Å². The van der Waals surface area contributed by atoms with Gasteiger partial charge in [-0.15, -0.1) is 0 Å². The minimum atomic E-state index is -5.17. The van der Waals surface area contributed by atoms with Gasteiger partial charge < -0.3 is 16.0 Å². The van der Waals surface area contributed by atoms with Gasteiger partial charge in [-0.1, -0.05) is 64.7 Å². The van der Waals surface area contributed by atoms with Gasteiger partial charge in [0.15, 0.2) is 0 Å². The second-order valence-electron chi connectivity index (χ2n) is 4.09. The summed E-state index contributed by atoms with van der Waals surface area (Å²) < 4.78 is 34.1. The van der Waals surface area contributed by atoms with E-state index in [1.165, 1.54) is 57.8 Å². The third-order valence-electron chi connectivity index (χ3n) is 2.35. The van der Waals surface area contributed by atoms with E-state index in [1.54, 1.807) is 0 Å². The average Bonchev–Trinajstić information content (AvgIpc) is 2.20. The van der Waals surface area contributed by atoms with Crippen LogP contribution in [0.5, 0.6) is 0 Å². The van der Waals surface area contributed by atoms with Crippen LogP contribution in [-0.2, 0) is 10.4 Å². The Bertz CT molecular complexity index is 218. The molecule has 0 spiro atoms. The third kappa shape index (κ3) is 54.0. The molecule has 0 fully saturated rings. The summed E-state index contributed by atoms with van der Waals surface area (Å²) in [6.45, 7) is 6.12. The van der Waals surface area contributed by atoms with Crippen molar-refractivity contribution in [1.29, 1.82) is 0 Å². The molecule has 0 radical (unpaired) electrons. The van der Waals surface area contributed by atoms with E-state index in [0.29, 0.717) is 0 Å². The largest absolute Gasteiger partial charge is 2.00 e. The van der Waals surface area contributed by atoms with Gasteiger partial charge in [-0.3, -0.25) is 8.42 Å². The van der Waals surface area contributed by atoms with Crippen LogP contribution < -0.4 is 29.6 Å². The van der Waals surface area contributed by atoms with Gasteiger partial charge in [0.2, 0.25) is 0 Å². The molecule has 0 N–H and O–H groups in total. The molecular weight excluding hydrogens is 287 g/mol. The summed E-state index contributed by atoms with van der Waals surface area (Å²) in [4.78, 5) is 0. The molecule has 0 bridgehead atoms. The molecule has 0 aliphatic rings. The van der Waals surface area contributed by atoms with Gasteiger partial charge in [-0.25, -0.2) is 0 Å².